The average Bonchev–Trinajstić information content (AvgIpc) is 2.48. The third-order valence-corrected chi connectivity index (χ3v) is 3.27. The van der Waals surface area contributed by atoms with E-state index in [1.807, 2.05) is 13.8 Å². The highest BCUT2D eigenvalue weighted by molar-refractivity contribution is 5.72. The molecule has 2 N–H and O–H groups in total. The second kappa shape index (κ2) is 7.72. The fourth-order valence-electron chi connectivity index (χ4n) is 2.34. The first-order valence-electron chi connectivity index (χ1n) is 7.18. The molecule has 1 aromatic heterocycles. The minimum absolute atomic E-state index is 0.00838. The van der Waals surface area contributed by atoms with Crippen LogP contribution in [-0.4, -0.2) is 18.0 Å². The van der Waals surface area contributed by atoms with Crippen molar-refractivity contribution in [3.8, 4) is 5.88 Å². The van der Waals surface area contributed by atoms with Crippen molar-refractivity contribution in [1.29, 1.82) is 0 Å². The molecule has 1 aliphatic rings. The molecule has 0 unspecified atom stereocenters. The van der Waals surface area contributed by atoms with Gasteiger partial charge in [0.1, 0.15) is 0 Å². The van der Waals surface area contributed by atoms with Gasteiger partial charge in [-0.3, -0.25) is 9.59 Å². The van der Waals surface area contributed by atoms with E-state index in [4.69, 9.17) is 4.74 Å². The number of amides is 1. The second-order valence-corrected chi connectivity index (χ2v) is 4.54. The number of aryl methyl sites for hydroxylation is 1. The number of methoxy groups -OCH3 is 1. The van der Waals surface area contributed by atoms with Gasteiger partial charge >= 0.3 is 0 Å². The summed E-state index contributed by atoms with van der Waals surface area (Å²) in [6.07, 6.45) is 3.84. The van der Waals surface area contributed by atoms with Gasteiger partial charge in [0.05, 0.1) is 19.2 Å². The number of rotatable bonds is 3. The Hall–Kier alpha value is -1.78. The Balaban J connectivity index is 0.000000956. The number of H-pyrrole nitrogens is 1. The third-order valence-electron chi connectivity index (χ3n) is 3.27. The molecular weight excluding hydrogens is 256 g/mol. The fraction of sp³-hybridized carbons (Fsp3) is 0.600. The number of fused-ring (bicyclic) bond motifs is 1. The summed E-state index contributed by atoms with van der Waals surface area (Å²) in [6, 6.07) is 0. The molecule has 1 aromatic rings. The predicted molar refractivity (Wildman–Crippen MR) is 79.1 cm³/mol. The second-order valence-electron chi connectivity index (χ2n) is 4.54. The quantitative estimate of drug-likeness (QED) is 0.888. The molecule has 0 saturated carbocycles. The normalized spacial score (nSPS) is 12.8. The molecule has 112 valence electrons. The highest BCUT2D eigenvalue weighted by atomic mass is 16.5. The lowest BCUT2D eigenvalue weighted by molar-refractivity contribution is -0.119. The number of hydrogen-bond donors (Lipinski definition) is 2. The Kier molecular flexibility index (Phi) is 6.28. The average molecular weight is 280 g/mol. The summed E-state index contributed by atoms with van der Waals surface area (Å²) in [7, 11) is 1.53. The zero-order valence-corrected chi connectivity index (χ0v) is 12.8. The van der Waals surface area contributed by atoms with E-state index in [0.29, 0.717) is 11.4 Å². The molecule has 1 heterocycles. The van der Waals surface area contributed by atoms with E-state index in [9.17, 15) is 9.59 Å². The van der Waals surface area contributed by atoms with Crippen molar-refractivity contribution in [2.45, 2.75) is 53.0 Å². The Bertz CT molecular complexity index is 521. The number of carbonyl (C=O) groups is 1. The van der Waals surface area contributed by atoms with Gasteiger partial charge in [-0.25, -0.2) is 0 Å². The SMILES string of the molecule is CC.COc1[nH]c2c(c(=O)c1CNC(C)=O)CCCC2. The minimum Gasteiger partial charge on any atom is -0.482 e. The highest BCUT2D eigenvalue weighted by Crippen LogP contribution is 2.21. The molecule has 2 rings (SSSR count). The van der Waals surface area contributed by atoms with Crippen LogP contribution in [0.15, 0.2) is 4.79 Å². The number of hydrogen-bond acceptors (Lipinski definition) is 3. The lowest BCUT2D eigenvalue weighted by Gasteiger charge is -2.18. The Morgan fingerprint density at radius 2 is 1.95 bits per heavy atom. The third kappa shape index (κ3) is 3.62. The van der Waals surface area contributed by atoms with Gasteiger partial charge in [-0.05, 0) is 25.7 Å². The van der Waals surface area contributed by atoms with Gasteiger partial charge in [-0.15, -0.1) is 0 Å². The topological polar surface area (TPSA) is 71.2 Å². The Morgan fingerprint density at radius 1 is 1.30 bits per heavy atom. The molecule has 20 heavy (non-hydrogen) atoms. The van der Waals surface area contributed by atoms with Gasteiger partial charge in [0.25, 0.3) is 0 Å². The summed E-state index contributed by atoms with van der Waals surface area (Å²) in [6.45, 7) is 5.64. The van der Waals surface area contributed by atoms with Crippen LogP contribution >= 0.6 is 0 Å². The van der Waals surface area contributed by atoms with E-state index >= 15 is 0 Å². The van der Waals surface area contributed by atoms with Gasteiger partial charge in [-0.1, -0.05) is 13.8 Å². The van der Waals surface area contributed by atoms with E-state index in [1.165, 1.54) is 14.0 Å². The van der Waals surface area contributed by atoms with Crippen molar-refractivity contribution < 1.29 is 9.53 Å². The standard InChI is InChI=1S/C13H18N2O3.C2H6/c1-8(16)14-7-10-12(17)9-5-3-4-6-11(9)15-13(10)18-2;1-2/h3-7H2,1-2H3,(H,14,16)(H,15,17);1-2H3. The molecule has 0 saturated heterocycles. The van der Waals surface area contributed by atoms with Crippen molar-refractivity contribution >= 4 is 5.91 Å². The van der Waals surface area contributed by atoms with Gasteiger partial charge in [0.2, 0.25) is 5.91 Å². The molecule has 0 aromatic carbocycles. The molecule has 0 spiro atoms. The van der Waals surface area contributed by atoms with Gasteiger partial charge in [0, 0.05) is 18.2 Å². The summed E-state index contributed by atoms with van der Waals surface area (Å²) < 4.78 is 5.22. The van der Waals surface area contributed by atoms with Crippen molar-refractivity contribution in [1.82, 2.24) is 10.3 Å². The molecule has 1 aliphatic carbocycles. The van der Waals surface area contributed by atoms with Crippen molar-refractivity contribution in [2.75, 3.05) is 7.11 Å². The monoisotopic (exact) mass is 280 g/mol. The van der Waals surface area contributed by atoms with Gasteiger partial charge in [0.15, 0.2) is 11.3 Å². The van der Waals surface area contributed by atoms with Crippen molar-refractivity contribution in [3.63, 3.8) is 0 Å². The number of pyridine rings is 1. The van der Waals surface area contributed by atoms with Crippen LogP contribution in [0.1, 0.15) is 50.4 Å². The summed E-state index contributed by atoms with van der Waals surface area (Å²) in [5.41, 5.74) is 2.35. The van der Waals surface area contributed by atoms with Crippen LogP contribution in [0.3, 0.4) is 0 Å². The van der Waals surface area contributed by atoms with Crippen molar-refractivity contribution in [2.24, 2.45) is 0 Å². The van der Waals surface area contributed by atoms with E-state index in [1.54, 1.807) is 0 Å². The summed E-state index contributed by atoms with van der Waals surface area (Å²) in [4.78, 5) is 26.5. The minimum atomic E-state index is -0.158. The van der Waals surface area contributed by atoms with Crippen LogP contribution < -0.4 is 15.5 Å². The van der Waals surface area contributed by atoms with Crippen LogP contribution in [0, 0.1) is 0 Å². The lowest BCUT2D eigenvalue weighted by atomic mass is 9.94. The molecule has 0 bridgehead atoms. The number of aromatic nitrogens is 1. The van der Waals surface area contributed by atoms with Crippen LogP contribution in [-0.2, 0) is 24.2 Å². The van der Waals surface area contributed by atoms with E-state index in [-0.39, 0.29) is 17.9 Å². The first-order valence-corrected chi connectivity index (χ1v) is 7.18. The van der Waals surface area contributed by atoms with Gasteiger partial charge in [-0.2, -0.15) is 0 Å². The van der Waals surface area contributed by atoms with E-state index in [2.05, 4.69) is 10.3 Å². The maximum absolute atomic E-state index is 12.4. The maximum atomic E-state index is 12.4. The molecule has 0 aliphatic heterocycles. The molecule has 1 amide bonds. The summed E-state index contributed by atoms with van der Waals surface area (Å²) in [5.74, 6) is 0.309. The molecule has 0 radical (unpaired) electrons. The van der Waals surface area contributed by atoms with Crippen LogP contribution in [0.5, 0.6) is 5.88 Å². The van der Waals surface area contributed by atoms with Crippen LogP contribution in [0.4, 0.5) is 0 Å². The first-order chi connectivity index (χ1) is 9.63. The molecular formula is C15H24N2O3. The summed E-state index contributed by atoms with van der Waals surface area (Å²) >= 11 is 0. The zero-order valence-electron chi connectivity index (χ0n) is 12.8. The Morgan fingerprint density at radius 3 is 2.55 bits per heavy atom. The Labute approximate surface area is 119 Å². The highest BCUT2D eigenvalue weighted by Gasteiger charge is 2.19. The number of aromatic amines is 1. The van der Waals surface area contributed by atoms with Gasteiger partial charge < -0.3 is 15.0 Å². The molecule has 5 nitrogen and oxygen atoms in total. The smallest absolute Gasteiger partial charge is 0.217 e. The first kappa shape index (κ1) is 16.3. The van der Waals surface area contributed by atoms with Crippen LogP contribution in [0.25, 0.3) is 0 Å². The van der Waals surface area contributed by atoms with Crippen LogP contribution in [0.2, 0.25) is 0 Å². The zero-order chi connectivity index (χ0) is 15.1. The van der Waals surface area contributed by atoms with Crippen molar-refractivity contribution in [3.05, 3.63) is 27.0 Å². The number of carbonyl (C=O) groups excluding carboxylic acids is 1. The van der Waals surface area contributed by atoms with E-state index < -0.39 is 0 Å². The maximum Gasteiger partial charge on any atom is 0.217 e. The lowest BCUT2D eigenvalue weighted by Crippen LogP contribution is -2.28. The summed E-state index contributed by atoms with van der Waals surface area (Å²) in [5, 5.41) is 2.65. The molecule has 0 atom stereocenters. The largest absolute Gasteiger partial charge is 0.482 e. The molecule has 5 heteroatoms. The number of nitrogens with one attached hydrogen (secondary N) is 2. The fourth-order valence-corrected chi connectivity index (χ4v) is 2.34. The molecule has 0 fully saturated rings. The predicted octanol–water partition coefficient (Wildman–Crippen LogP) is 1.92. The number of ether oxygens (including phenoxy) is 1. The van der Waals surface area contributed by atoms with E-state index in [0.717, 1.165) is 36.9 Å².